The van der Waals surface area contributed by atoms with Gasteiger partial charge in [0.1, 0.15) is 0 Å². The topological polar surface area (TPSA) is 38.5 Å². The fourth-order valence-electron chi connectivity index (χ4n) is 2.29. The van der Waals surface area contributed by atoms with Crippen molar-refractivity contribution in [2.75, 3.05) is 19.8 Å². The van der Waals surface area contributed by atoms with Gasteiger partial charge in [-0.25, -0.2) is 4.98 Å². The molecule has 0 saturated carbocycles. The number of hydrogen-bond acceptors (Lipinski definition) is 4. The van der Waals surface area contributed by atoms with Crippen LogP contribution in [0.2, 0.25) is 0 Å². The highest BCUT2D eigenvalue weighted by Crippen LogP contribution is 2.21. The quantitative estimate of drug-likeness (QED) is 0.848. The molecule has 0 radical (unpaired) electrons. The van der Waals surface area contributed by atoms with E-state index in [2.05, 4.69) is 16.8 Å². The first-order valence-corrected chi connectivity index (χ1v) is 6.65. The van der Waals surface area contributed by atoms with Gasteiger partial charge in [-0.3, -0.25) is 4.90 Å². The largest absolute Gasteiger partial charge is 0.439 e. The summed E-state index contributed by atoms with van der Waals surface area (Å²) in [6.45, 7) is 5.42. The third-order valence-electron chi connectivity index (χ3n) is 3.46. The third-order valence-corrected chi connectivity index (χ3v) is 3.46. The van der Waals surface area contributed by atoms with Crippen LogP contribution in [0.3, 0.4) is 0 Å². The SMILES string of the molecule is CC1COCCN1Cc1ncc(-c2ccccc2)o1. The summed E-state index contributed by atoms with van der Waals surface area (Å²) in [5.41, 5.74) is 1.07. The van der Waals surface area contributed by atoms with Gasteiger partial charge in [-0.1, -0.05) is 30.3 Å². The molecule has 2 heterocycles. The molecule has 1 aliphatic rings. The van der Waals surface area contributed by atoms with E-state index in [9.17, 15) is 0 Å². The first kappa shape index (κ1) is 12.4. The van der Waals surface area contributed by atoms with Crippen molar-refractivity contribution in [3.63, 3.8) is 0 Å². The Kier molecular flexibility index (Phi) is 3.62. The van der Waals surface area contributed by atoms with Crippen molar-refractivity contribution in [3.8, 4) is 11.3 Å². The maximum Gasteiger partial charge on any atom is 0.209 e. The van der Waals surface area contributed by atoms with Crippen molar-refractivity contribution >= 4 is 0 Å². The van der Waals surface area contributed by atoms with Crippen LogP contribution >= 0.6 is 0 Å². The first-order chi connectivity index (χ1) is 9.33. The summed E-state index contributed by atoms with van der Waals surface area (Å²) in [6.07, 6.45) is 1.80. The maximum absolute atomic E-state index is 5.83. The van der Waals surface area contributed by atoms with Crippen LogP contribution in [0.25, 0.3) is 11.3 Å². The molecule has 4 heteroatoms. The lowest BCUT2D eigenvalue weighted by Gasteiger charge is -2.31. The van der Waals surface area contributed by atoms with Gasteiger partial charge in [0.2, 0.25) is 5.89 Å². The predicted octanol–water partition coefficient (Wildman–Crippen LogP) is 2.56. The molecule has 0 aliphatic carbocycles. The van der Waals surface area contributed by atoms with Crippen LogP contribution in [0.15, 0.2) is 40.9 Å². The predicted molar refractivity (Wildman–Crippen MR) is 72.6 cm³/mol. The lowest BCUT2D eigenvalue weighted by Crippen LogP contribution is -2.42. The van der Waals surface area contributed by atoms with Crippen molar-refractivity contribution < 1.29 is 9.15 Å². The van der Waals surface area contributed by atoms with Crippen LogP contribution < -0.4 is 0 Å². The molecule has 0 bridgehead atoms. The average molecular weight is 258 g/mol. The molecule has 0 amide bonds. The summed E-state index contributed by atoms with van der Waals surface area (Å²) in [7, 11) is 0. The Hall–Kier alpha value is -1.65. The monoisotopic (exact) mass is 258 g/mol. The van der Waals surface area contributed by atoms with Gasteiger partial charge in [0.05, 0.1) is 26.0 Å². The van der Waals surface area contributed by atoms with E-state index in [0.717, 1.165) is 43.5 Å². The van der Waals surface area contributed by atoms with Gasteiger partial charge in [-0.05, 0) is 6.92 Å². The molecule has 1 unspecified atom stereocenters. The molecule has 1 saturated heterocycles. The van der Waals surface area contributed by atoms with Gasteiger partial charge in [0, 0.05) is 18.2 Å². The molecule has 0 N–H and O–H groups in total. The maximum atomic E-state index is 5.83. The van der Waals surface area contributed by atoms with Crippen LogP contribution in [0.5, 0.6) is 0 Å². The molecule has 1 aromatic carbocycles. The van der Waals surface area contributed by atoms with Gasteiger partial charge in [-0.2, -0.15) is 0 Å². The summed E-state index contributed by atoms with van der Waals surface area (Å²) in [5, 5.41) is 0. The van der Waals surface area contributed by atoms with Crippen molar-refractivity contribution in [1.82, 2.24) is 9.88 Å². The fraction of sp³-hybridized carbons (Fsp3) is 0.400. The highest BCUT2D eigenvalue weighted by molar-refractivity contribution is 5.55. The van der Waals surface area contributed by atoms with Crippen LogP contribution in [0.1, 0.15) is 12.8 Å². The first-order valence-electron chi connectivity index (χ1n) is 6.65. The number of ether oxygens (including phenoxy) is 1. The van der Waals surface area contributed by atoms with Gasteiger partial charge in [0.25, 0.3) is 0 Å². The molecule has 0 spiro atoms. The third kappa shape index (κ3) is 2.85. The summed E-state index contributed by atoms with van der Waals surface area (Å²) in [5.74, 6) is 1.60. The molecular weight excluding hydrogens is 240 g/mol. The van der Waals surface area contributed by atoms with Crippen molar-refractivity contribution in [2.24, 2.45) is 0 Å². The second-order valence-corrected chi connectivity index (χ2v) is 4.88. The molecule has 100 valence electrons. The number of oxazole rings is 1. The van der Waals surface area contributed by atoms with E-state index in [1.54, 1.807) is 6.20 Å². The minimum absolute atomic E-state index is 0.417. The number of nitrogens with zero attached hydrogens (tertiary/aromatic N) is 2. The Morgan fingerprint density at radius 3 is 2.95 bits per heavy atom. The lowest BCUT2D eigenvalue weighted by molar-refractivity contribution is -0.00774. The van der Waals surface area contributed by atoms with E-state index in [1.165, 1.54) is 0 Å². The average Bonchev–Trinajstić information content (AvgIpc) is 2.91. The van der Waals surface area contributed by atoms with Crippen molar-refractivity contribution in [2.45, 2.75) is 19.5 Å². The Morgan fingerprint density at radius 2 is 2.16 bits per heavy atom. The molecule has 1 fully saturated rings. The normalized spacial score (nSPS) is 20.6. The number of morpholine rings is 1. The summed E-state index contributed by atoms with van der Waals surface area (Å²) in [4.78, 5) is 6.71. The van der Waals surface area contributed by atoms with Gasteiger partial charge in [-0.15, -0.1) is 0 Å². The minimum Gasteiger partial charge on any atom is -0.439 e. The van der Waals surface area contributed by atoms with E-state index in [-0.39, 0.29) is 0 Å². The Bertz CT molecular complexity index is 524. The summed E-state index contributed by atoms with van der Waals surface area (Å²) < 4.78 is 11.3. The highest BCUT2D eigenvalue weighted by atomic mass is 16.5. The molecule has 2 aromatic rings. The van der Waals surface area contributed by atoms with E-state index in [0.29, 0.717) is 6.04 Å². The lowest BCUT2D eigenvalue weighted by atomic mass is 10.2. The zero-order valence-corrected chi connectivity index (χ0v) is 11.1. The molecule has 1 aliphatic heterocycles. The van der Waals surface area contributed by atoms with E-state index in [1.807, 2.05) is 30.3 Å². The van der Waals surface area contributed by atoms with Crippen LogP contribution in [0, 0.1) is 0 Å². The number of hydrogen-bond donors (Lipinski definition) is 0. The number of rotatable bonds is 3. The van der Waals surface area contributed by atoms with E-state index in [4.69, 9.17) is 9.15 Å². The highest BCUT2D eigenvalue weighted by Gasteiger charge is 2.20. The Labute approximate surface area is 113 Å². The molecule has 3 rings (SSSR count). The van der Waals surface area contributed by atoms with Gasteiger partial charge in [0.15, 0.2) is 5.76 Å². The minimum atomic E-state index is 0.417. The second-order valence-electron chi connectivity index (χ2n) is 4.88. The van der Waals surface area contributed by atoms with E-state index < -0.39 is 0 Å². The zero-order valence-electron chi connectivity index (χ0n) is 11.1. The fourth-order valence-corrected chi connectivity index (χ4v) is 2.29. The molecule has 1 atom stereocenters. The van der Waals surface area contributed by atoms with Gasteiger partial charge < -0.3 is 9.15 Å². The number of aromatic nitrogens is 1. The van der Waals surface area contributed by atoms with Crippen molar-refractivity contribution in [1.29, 1.82) is 0 Å². The Morgan fingerprint density at radius 1 is 1.32 bits per heavy atom. The van der Waals surface area contributed by atoms with Gasteiger partial charge >= 0.3 is 0 Å². The van der Waals surface area contributed by atoms with Crippen LogP contribution in [-0.4, -0.2) is 35.7 Å². The van der Waals surface area contributed by atoms with Crippen LogP contribution in [-0.2, 0) is 11.3 Å². The summed E-state index contributed by atoms with van der Waals surface area (Å²) in [6, 6.07) is 10.5. The van der Waals surface area contributed by atoms with Crippen LogP contribution in [0.4, 0.5) is 0 Å². The molecule has 19 heavy (non-hydrogen) atoms. The molecule has 1 aromatic heterocycles. The molecule has 4 nitrogen and oxygen atoms in total. The van der Waals surface area contributed by atoms with E-state index >= 15 is 0 Å². The standard InChI is InChI=1S/C15H18N2O2/c1-12-11-18-8-7-17(12)10-15-16-9-14(19-15)13-5-3-2-4-6-13/h2-6,9,12H,7-8,10-11H2,1H3. The Balaban J connectivity index is 1.71. The second kappa shape index (κ2) is 5.55. The van der Waals surface area contributed by atoms with Crippen molar-refractivity contribution in [3.05, 3.63) is 42.4 Å². The molecular formula is C15H18N2O2. The number of benzene rings is 1. The summed E-state index contributed by atoms with van der Waals surface area (Å²) >= 11 is 0. The zero-order chi connectivity index (χ0) is 13.1. The smallest absolute Gasteiger partial charge is 0.209 e.